The second-order valence-electron chi connectivity index (χ2n) is 7.19. The van der Waals surface area contributed by atoms with Gasteiger partial charge in [0.2, 0.25) is 0 Å². The number of hydrazone groups is 1. The summed E-state index contributed by atoms with van der Waals surface area (Å²) in [5.74, 6) is -1.13. The van der Waals surface area contributed by atoms with E-state index in [1.165, 1.54) is 12.3 Å². The predicted molar refractivity (Wildman–Crippen MR) is 135 cm³/mol. The first kappa shape index (κ1) is 24.6. The molecule has 3 rings (SSSR count). The van der Waals surface area contributed by atoms with E-state index in [2.05, 4.69) is 31.8 Å². The molecule has 172 valence electrons. The van der Waals surface area contributed by atoms with E-state index in [0.717, 1.165) is 15.6 Å². The Morgan fingerprint density at radius 2 is 1.79 bits per heavy atom. The summed E-state index contributed by atoms with van der Waals surface area (Å²) in [5, 5.41) is 6.44. The number of halogens is 1. The molecule has 34 heavy (non-hydrogen) atoms. The van der Waals surface area contributed by atoms with E-state index in [4.69, 9.17) is 4.74 Å². The summed E-state index contributed by atoms with van der Waals surface area (Å²) in [4.78, 5) is 36.4. The fourth-order valence-electron chi connectivity index (χ4n) is 2.85. The van der Waals surface area contributed by atoms with E-state index in [-0.39, 0.29) is 18.2 Å². The van der Waals surface area contributed by atoms with Crippen LogP contribution >= 0.6 is 15.9 Å². The highest BCUT2D eigenvalue weighted by atomic mass is 79.9. The third-order valence-corrected chi connectivity index (χ3v) is 4.97. The number of amides is 2. The maximum absolute atomic E-state index is 12.2. The Balaban J connectivity index is 1.56. The smallest absolute Gasteiger partial charge is 0.336 e. The normalized spacial score (nSPS) is 10.9. The fourth-order valence-corrected chi connectivity index (χ4v) is 3.23. The molecule has 3 aromatic carbocycles. The summed E-state index contributed by atoms with van der Waals surface area (Å²) >= 11 is 3.36. The van der Waals surface area contributed by atoms with Crippen molar-refractivity contribution in [1.82, 2.24) is 10.7 Å². The Morgan fingerprint density at radius 3 is 2.56 bits per heavy atom. The number of aryl methyl sites for hydroxylation is 1. The van der Waals surface area contributed by atoms with Crippen molar-refractivity contribution in [1.29, 1.82) is 0 Å². The van der Waals surface area contributed by atoms with Gasteiger partial charge in [0.25, 0.3) is 11.8 Å². The van der Waals surface area contributed by atoms with Gasteiger partial charge in [0.1, 0.15) is 5.75 Å². The third-order valence-electron chi connectivity index (χ3n) is 4.48. The molecule has 0 radical (unpaired) electrons. The third kappa shape index (κ3) is 7.83. The summed E-state index contributed by atoms with van der Waals surface area (Å²) in [7, 11) is 0. The van der Waals surface area contributed by atoms with Crippen molar-refractivity contribution in [2.24, 2.45) is 5.10 Å². The number of hydrogen-bond donors (Lipinski definition) is 2. The molecule has 0 atom stereocenters. The van der Waals surface area contributed by atoms with Gasteiger partial charge in [-0.3, -0.25) is 9.59 Å². The van der Waals surface area contributed by atoms with Gasteiger partial charge in [-0.05, 0) is 48.9 Å². The summed E-state index contributed by atoms with van der Waals surface area (Å²) < 4.78 is 6.15. The molecule has 3 aromatic rings. The number of carbonyl (C=O) groups excluding carboxylic acids is 3. The van der Waals surface area contributed by atoms with Crippen LogP contribution in [0.5, 0.6) is 5.75 Å². The minimum Gasteiger partial charge on any atom is -0.423 e. The van der Waals surface area contributed by atoms with Gasteiger partial charge in [-0.25, -0.2) is 10.2 Å². The number of hydrogen-bond acceptors (Lipinski definition) is 5. The molecule has 0 unspecified atom stereocenters. The van der Waals surface area contributed by atoms with Gasteiger partial charge in [0.05, 0.1) is 12.8 Å². The molecule has 8 heteroatoms. The molecule has 0 saturated carbocycles. The Morgan fingerprint density at radius 1 is 1.00 bits per heavy atom. The minimum atomic E-state index is -0.552. The lowest BCUT2D eigenvalue weighted by atomic mass is 10.1. The highest BCUT2D eigenvalue weighted by molar-refractivity contribution is 9.10. The first-order valence-electron chi connectivity index (χ1n) is 10.3. The molecule has 0 aliphatic rings. The van der Waals surface area contributed by atoms with Crippen LogP contribution in [0.2, 0.25) is 0 Å². The number of benzene rings is 3. The number of rotatable bonds is 8. The van der Waals surface area contributed by atoms with Crippen LogP contribution in [0.15, 0.2) is 88.4 Å². The average molecular weight is 520 g/mol. The lowest BCUT2D eigenvalue weighted by Gasteiger charge is -2.07. The van der Waals surface area contributed by atoms with Crippen molar-refractivity contribution in [2.75, 3.05) is 6.54 Å². The zero-order valence-electron chi connectivity index (χ0n) is 18.3. The van der Waals surface area contributed by atoms with E-state index < -0.39 is 11.9 Å². The number of nitrogens with zero attached hydrogens (tertiary/aromatic N) is 1. The molecule has 0 fully saturated rings. The van der Waals surface area contributed by atoms with Crippen LogP contribution in [-0.4, -0.2) is 30.5 Å². The molecule has 2 N–H and O–H groups in total. The summed E-state index contributed by atoms with van der Waals surface area (Å²) in [5.41, 5.74) is 5.10. The standard InChI is InChI=1S/C26H22BrN3O4/c1-18-6-5-9-20(14-18)26(33)28-17-24(31)30-29-16-21-15-22(27)11-12-23(21)34-25(32)13-10-19-7-3-2-4-8-19/h2-16H,17H2,1H3,(H,28,33)(H,30,31). The SMILES string of the molecule is Cc1cccc(C(=O)NCC(=O)NN=Cc2cc(Br)ccc2OC(=O)C=Cc2ccccc2)c1. The molecule has 2 amide bonds. The molecule has 0 spiro atoms. The highest BCUT2D eigenvalue weighted by Gasteiger charge is 2.09. The van der Waals surface area contributed by atoms with E-state index in [1.807, 2.05) is 43.3 Å². The second kappa shape index (κ2) is 12.3. The minimum absolute atomic E-state index is 0.241. The van der Waals surface area contributed by atoms with Crippen molar-refractivity contribution in [3.63, 3.8) is 0 Å². The van der Waals surface area contributed by atoms with Gasteiger partial charge in [-0.1, -0.05) is 64.0 Å². The molecule has 0 bridgehead atoms. The maximum Gasteiger partial charge on any atom is 0.336 e. The number of esters is 1. The molecular formula is C26H22BrN3O4. The molecule has 0 aromatic heterocycles. The molecule has 0 aliphatic carbocycles. The molecule has 0 saturated heterocycles. The van der Waals surface area contributed by atoms with Crippen molar-refractivity contribution < 1.29 is 19.1 Å². The van der Waals surface area contributed by atoms with Crippen molar-refractivity contribution in [3.05, 3.63) is 106 Å². The topological polar surface area (TPSA) is 96.9 Å². The van der Waals surface area contributed by atoms with E-state index >= 15 is 0 Å². The second-order valence-corrected chi connectivity index (χ2v) is 8.11. The highest BCUT2D eigenvalue weighted by Crippen LogP contribution is 2.22. The monoisotopic (exact) mass is 519 g/mol. The van der Waals surface area contributed by atoms with Crippen molar-refractivity contribution in [2.45, 2.75) is 6.92 Å². The van der Waals surface area contributed by atoms with Crippen LogP contribution < -0.4 is 15.5 Å². The van der Waals surface area contributed by atoms with Gasteiger partial charge in [-0.2, -0.15) is 5.10 Å². The number of ether oxygens (including phenoxy) is 1. The van der Waals surface area contributed by atoms with Crippen molar-refractivity contribution >= 4 is 46.0 Å². The maximum atomic E-state index is 12.2. The lowest BCUT2D eigenvalue weighted by Crippen LogP contribution is -2.34. The van der Waals surface area contributed by atoms with Gasteiger partial charge in [-0.15, -0.1) is 0 Å². The van der Waals surface area contributed by atoms with Crippen LogP contribution in [0.4, 0.5) is 0 Å². The van der Waals surface area contributed by atoms with Gasteiger partial charge < -0.3 is 10.1 Å². The number of nitrogens with one attached hydrogen (secondary N) is 2. The van der Waals surface area contributed by atoms with Gasteiger partial charge in [0, 0.05) is 21.7 Å². The average Bonchev–Trinajstić information content (AvgIpc) is 2.83. The Kier molecular flexibility index (Phi) is 8.88. The van der Waals surface area contributed by atoms with Crippen LogP contribution in [0.3, 0.4) is 0 Å². The molecular weight excluding hydrogens is 498 g/mol. The number of carbonyl (C=O) groups is 3. The Hall–Kier alpha value is -4.04. The molecule has 7 nitrogen and oxygen atoms in total. The van der Waals surface area contributed by atoms with Gasteiger partial charge in [0.15, 0.2) is 0 Å². The summed E-state index contributed by atoms with van der Waals surface area (Å²) in [6.45, 7) is 1.64. The van der Waals surface area contributed by atoms with Crippen LogP contribution in [0.25, 0.3) is 6.08 Å². The summed E-state index contributed by atoms with van der Waals surface area (Å²) in [6, 6.07) is 21.5. The lowest BCUT2D eigenvalue weighted by molar-refractivity contribution is -0.129. The largest absolute Gasteiger partial charge is 0.423 e. The van der Waals surface area contributed by atoms with Crippen LogP contribution in [-0.2, 0) is 9.59 Å². The predicted octanol–water partition coefficient (Wildman–Crippen LogP) is 4.26. The van der Waals surface area contributed by atoms with Crippen molar-refractivity contribution in [3.8, 4) is 5.75 Å². The van der Waals surface area contributed by atoms with Crippen LogP contribution in [0.1, 0.15) is 27.0 Å². The Bertz CT molecular complexity index is 1240. The quantitative estimate of drug-likeness (QED) is 0.153. The van der Waals surface area contributed by atoms with E-state index in [0.29, 0.717) is 11.1 Å². The zero-order chi connectivity index (χ0) is 24.3. The molecule has 0 heterocycles. The van der Waals surface area contributed by atoms with E-state index in [1.54, 1.807) is 42.5 Å². The van der Waals surface area contributed by atoms with Crippen LogP contribution in [0, 0.1) is 6.92 Å². The summed E-state index contributed by atoms with van der Waals surface area (Å²) in [6.07, 6.45) is 4.34. The Labute approximate surface area is 205 Å². The fraction of sp³-hybridized carbons (Fsp3) is 0.0769. The van der Waals surface area contributed by atoms with E-state index in [9.17, 15) is 14.4 Å². The zero-order valence-corrected chi connectivity index (χ0v) is 19.9. The van der Waals surface area contributed by atoms with Gasteiger partial charge >= 0.3 is 5.97 Å². The molecule has 0 aliphatic heterocycles. The first-order chi connectivity index (χ1) is 16.4. The first-order valence-corrected chi connectivity index (χ1v) is 11.1.